The molecule has 1 amide bonds. The van der Waals surface area contributed by atoms with Gasteiger partial charge in [-0.15, -0.1) is 0 Å². The molecule has 5 rings (SSSR count). The average Bonchev–Trinajstić information content (AvgIpc) is 3.25. The van der Waals surface area contributed by atoms with Crippen LogP contribution >= 0.6 is 11.8 Å². The van der Waals surface area contributed by atoms with Gasteiger partial charge in [0, 0.05) is 23.8 Å². The molecule has 0 spiro atoms. The summed E-state index contributed by atoms with van der Waals surface area (Å²) in [6, 6.07) is 19.0. The topological polar surface area (TPSA) is 90.7 Å². The Balaban J connectivity index is 1.49. The zero-order valence-corrected chi connectivity index (χ0v) is 18.5. The van der Waals surface area contributed by atoms with Crippen molar-refractivity contribution in [3.63, 3.8) is 0 Å². The lowest BCUT2D eigenvalue weighted by Gasteiger charge is -2.35. The van der Waals surface area contributed by atoms with Crippen molar-refractivity contribution in [1.82, 2.24) is 15.3 Å². The molecule has 2 aliphatic rings. The van der Waals surface area contributed by atoms with Crippen LogP contribution in [0.2, 0.25) is 0 Å². The molecule has 0 radical (unpaired) electrons. The normalized spacial score (nSPS) is 21.9. The number of carbonyl (C=O) groups excluding carboxylic acids is 1. The molecule has 3 heterocycles. The summed E-state index contributed by atoms with van der Waals surface area (Å²) in [4.78, 5) is 28.2. The molecule has 2 N–H and O–H groups in total. The van der Waals surface area contributed by atoms with Crippen LogP contribution in [0.15, 0.2) is 71.9 Å². The number of halogens is 1. The molecule has 1 aromatic heterocycles. The maximum Gasteiger partial charge on any atom is 0.257 e. The van der Waals surface area contributed by atoms with Gasteiger partial charge < -0.3 is 15.3 Å². The minimum atomic E-state index is -0.630. The second-order valence-corrected chi connectivity index (χ2v) is 9.05. The highest BCUT2D eigenvalue weighted by molar-refractivity contribution is 8.13. The zero-order valence-electron chi connectivity index (χ0n) is 17.7. The maximum atomic E-state index is 13.8. The van der Waals surface area contributed by atoms with Crippen molar-refractivity contribution in [2.24, 2.45) is 10.9 Å². The van der Waals surface area contributed by atoms with Crippen molar-refractivity contribution in [3.8, 4) is 0 Å². The molecule has 2 aliphatic heterocycles. The van der Waals surface area contributed by atoms with Gasteiger partial charge in [-0.1, -0.05) is 60.3 Å². The van der Waals surface area contributed by atoms with Gasteiger partial charge in [-0.05, 0) is 17.7 Å². The number of hydrogen-bond donors (Lipinski definition) is 2. The van der Waals surface area contributed by atoms with E-state index in [9.17, 15) is 14.3 Å². The van der Waals surface area contributed by atoms with Gasteiger partial charge in [0.05, 0.1) is 19.3 Å². The summed E-state index contributed by atoms with van der Waals surface area (Å²) in [5, 5.41) is 13.0. The lowest BCUT2D eigenvalue weighted by molar-refractivity contribution is 0.0977. The van der Waals surface area contributed by atoms with Crippen molar-refractivity contribution >= 4 is 28.8 Å². The van der Waals surface area contributed by atoms with E-state index in [1.807, 2.05) is 53.4 Å². The van der Waals surface area contributed by atoms with Gasteiger partial charge in [-0.3, -0.25) is 4.79 Å². The Hall–Kier alpha value is -3.30. The highest BCUT2D eigenvalue weighted by atomic mass is 32.2. The minimum Gasteiger partial charge on any atom is -0.390 e. The molecular formula is C24H22FN5O2S. The molecule has 0 unspecified atom stereocenters. The third-order valence-corrected chi connectivity index (χ3v) is 7.07. The summed E-state index contributed by atoms with van der Waals surface area (Å²) < 4.78 is 13.8. The quantitative estimate of drug-likeness (QED) is 0.618. The largest absolute Gasteiger partial charge is 0.390 e. The van der Waals surface area contributed by atoms with E-state index in [4.69, 9.17) is 4.99 Å². The number of benzene rings is 2. The van der Waals surface area contributed by atoms with Crippen LogP contribution in [0.4, 0.5) is 10.3 Å². The first-order chi connectivity index (χ1) is 16.1. The third-order valence-electron chi connectivity index (χ3n) is 6.04. The summed E-state index contributed by atoms with van der Waals surface area (Å²) in [6.07, 6.45) is 1.09. The van der Waals surface area contributed by atoms with E-state index in [1.54, 1.807) is 12.1 Å². The van der Waals surface area contributed by atoms with Crippen molar-refractivity contribution in [2.75, 3.05) is 23.7 Å². The first kappa shape index (κ1) is 21.5. The van der Waals surface area contributed by atoms with E-state index in [0.29, 0.717) is 29.8 Å². The Morgan fingerprint density at radius 2 is 1.91 bits per heavy atom. The molecule has 33 heavy (non-hydrogen) atoms. The Morgan fingerprint density at radius 3 is 2.64 bits per heavy atom. The Labute approximate surface area is 194 Å². The van der Waals surface area contributed by atoms with Crippen molar-refractivity contribution in [3.05, 3.63) is 89.5 Å². The molecule has 3 aromatic rings. The molecule has 0 saturated carbocycles. The smallest absolute Gasteiger partial charge is 0.257 e. The molecule has 2 atom stereocenters. The molecule has 1 fully saturated rings. The lowest BCUT2D eigenvalue weighted by atomic mass is 9.82. The van der Waals surface area contributed by atoms with Gasteiger partial charge in [-0.25, -0.2) is 19.4 Å². The number of aliphatic hydroxyl groups is 1. The van der Waals surface area contributed by atoms with E-state index >= 15 is 0 Å². The number of nitrogens with zero attached hydrogens (tertiary/aromatic N) is 4. The van der Waals surface area contributed by atoms with E-state index in [1.165, 1.54) is 11.8 Å². The second kappa shape index (κ2) is 8.92. The summed E-state index contributed by atoms with van der Waals surface area (Å²) >= 11 is 1.51. The molecule has 168 valence electrons. The lowest BCUT2D eigenvalue weighted by Crippen LogP contribution is -2.42. The highest BCUT2D eigenvalue weighted by Crippen LogP contribution is 2.46. The number of rotatable bonds is 4. The van der Waals surface area contributed by atoms with Crippen LogP contribution in [0.3, 0.4) is 0 Å². The summed E-state index contributed by atoms with van der Waals surface area (Å²) in [5.74, 6) is 0.407. The Bertz CT molecular complexity index is 1190. The van der Waals surface area contributed by atoms with Crippen LogP contribution in [0, 0.1) is 11.7 Å². The number of thioether (sulfide) groups is 1. The van der Waals surface area contributed by atoms with E-state index in [2.05, 4.69) is 15.3 Å². The number of nitrogens with one attached hydrogen (secondary N) is 1. The van der Waals surface area contributed by atoms with Gasteiger partial charge in [0.25, 0.3) is 5.91 Å². The van der Waals surface area contributed by atoms with Crippen LogP contribution < -0.4 is 10.2 Å². The van der Waals surface area contributed by atoms with Gasteiger partial charge in [-0.2, -0.15) is 0 Å². The molecule has 7 nitrogen and oxygen atoms in total. The fourth-order valence-corrected chi connectivity index (χ4v) is 5.49. The van der Waals surface area contributed by atoms with Crippen molar-refractivity contribution in [2.45, 2.75) is 12.1 Å². The monoisotopic (exact) mass is 463 g/mol. The minimum absolute atomic E-state index is 0.0303. The second-order valence-electron chi connectivity index (χ2n) is 8.04. The molecule has 1 saturated heterocycles. The summed E-state index contributed by atoms with van der Waals surface area (Å²) in [7, 11) is 0. The molecule has 0 bridgehead atoms. The number of anilines is 1. The van der Waals surface area contributed by atoms with Crippen molar-refractivity contribution < 1.29 is 14.3 Å². The average molecular weight is 464 g/mol. The number of aromatic nitrogens is 2. The maximum absolute atomic E-state index is 13.8. The van der Waals surface area contributed by atoms with Crippen LogP contribution in [-0.2, 0) is 12.1 Å². The number of fused-ring (bicyclic) bond motifs is 1. The molecule has 2 aromatic carbocycles. The Morgan fingerprint density at radius 1 is 1.18 bits per heavy atom. The van der Waals surface area contributed by atoms with Crippen LogP contribution in [0.1, 0.15) is 21.6 Å². The third kappa shape index (κ3) is 4.09. The van der Waals surface area contributed by atoms with E-state index < -0.39 is 18.0 Å². The van der Waals surface area contributed by atoms with E-state index in [-0.39, 0.29) is 17.5 Å². The first-order valence-electron chi connectivity index (χ1n) is 10.6. The standard InChI is InChI=1S/C24H22FN5O2S/c25-19-11-26-22(27-20(19)13-31)30-12-18-14-33-23(28-21(32)16-7-3-1-4-8-16)29-24(18,15-30)17-9-5-2-6-10-17/h1-11,18,31H,12-15H2,(H,28,29,32)/t18-,24+/m0/s1. The van der Waals surface area contributed by atoms with Gasteiger partial charge in [0.2, 0.25) is 5.95 Å². The predicted octanol–water partition coefficient (Wildman–Crippen LogP) is 2.97. The number of amidine groups is 1. The molecular weight excluding hydrogens is 441 g/mol. The number of hydrogen-bond acceptors (Lipinski definition) is 7. The zero-order chi connectivity index (χ0) is 22.8. The number of carbonyl (C=O) groups is 1. The fourth-order valence-electron chi connectivity index (χ4n) is 4.36. The Kier molecular flexibility index (Phi) is 5.82. The number of aliphatic hydroxyl groups excluding tert-OH is 1. The number of aliphatic imine (C=N–C) groups is 1. The molecule has 0 aliphatic carbocycles. The first-order valence-corrected chi connectivity index (χ1v) is 11.6. The van der Waals surface area contributed by atoms with Crippen LogP contribution in [-0.4, -0.2) is 45.0 Å². The molecule has 9 heteroatoms. The van der Waals surface area contributed by atoms with Gasteiger partial charge >= 0.3 is 0 Å². The van der Waals surface area contributed by atoms with Crippen LogP contribution in [0.5, 0.6) is 0 Å². The van der Waals surface area contributed by atoms with Gasteiger partial charge in [0.15, 0.2) is 11.0 Å². The van der Waals surface area contributed by atoms with Crippen LogP contribution in [0.25, 0.3) is 0 Å². The van der Waals surface area contributed by atoms with Gasteiger partial charge in [0.1, 0.15) is 11.2 Å². The highest BCUT2D eigenvalue weighted by Gasteiger charge is 2.51. The van der Waals surface area contributed by atoms with E-state index in [0.717, 1.165) is 17.5 Å². The SMILES string of the molecule is O=C(NC1=N[C@@]2(c3ccccc3)CN(c3ncc(F)c(CO)n3)C[C@H]2CS1)c1ccccc1. The summed E-state index contributed by atoms with van der Waals surface area (Å²) in [5.41, 5.74) is 0.968. The fraction of sp³-hybridized carbons (Fsp3) is 0.250. The van der Waals surface area contributed by atoms with Crippen molar-refractivity contribution in [1.29, 1.82) is 0 Å². The predicted molar refractivity (Wildman–Crippen MR) is 126 cm³/mol. The summed E-state index contributed by atoms with van der Waals surface area (Å²) in [6.45, 7) is 0.609. The number of amides is 1.